The van der Waals surface area contributed by atoms with E-state index in [1.807, 2.05) is 0 Å². The molecule has 20 heavy (non-hydrogen) atoms. The third-order valence-electron chi connectivity index (χ3n) is 3.21. The third kappa shape index (κ3) is 6.42. The molecular weight excluding hydrogens is 299 g/mol. The molecule has 1 aliphatic rings. The summed E-state index contributed by atoms with van der Waals surface area (Å²) >= 11 is 0. The molecule has 1 fully saturated rings. The van der Waals surface area contributed by atoms with Gasteiger partial charge in [0.2, 0.25) is 11.8 Å². The lowest BCUT2D eigenvalue weighted by atomic mass is 9.95. The summed E-state index contributed by atoms with van der Waals surface area (Å²) in [6.07, 6.45) is -1.97. The summed E-state index contributed by atoms with van der Waals surface area (Å²) in [7, 11) is 0. The van der Waals surface area contributed by atoms with Crippen LogP contribution in [0, 0.1) is 11.8 Å². The summed E-state index contributed by atoms with van der Waals surface area (Å²) in [5.74, 6) is -1.30. The lowest BCUT2D eigenvalue weighted by Gasteiger charge is -2.17. The fourth-order valence-corrected chi connectivity index (χ4v) is 2.22. The molecule has 0 aliphatic heterocycles. The molecule has 2 atom stereocenters. The van der Waals surface area contributed by atoms with Gasteiger partial charge in [-0.05, 0) is 25.3 Å². The quantitative estimate of drug-likeness (QED) is 0.693. The predicted molar refractivity (Wildman–Crippen MR) is 69.2 cm³/mol. The molecule has 2 amide bonds. The van der Waals surface area contributed by atoms with Crippen LogP contribution in [0.4, 0.5) is 13.2 Å². The number of halogens is 4. The van der Waals surface area contributed by atoms with Crippen LogP contribution in [0.2, 0.25) is 0 Å². The predicted octanol–water partition coefficient (Wildman–Crippen LogP) is 0.578. The zero-order valence-corrected chi connectivity index (χ0v) is 11.6. The van der Waals surface area contributed by atoms with Gasteiger partial charge in [0.1, 0.15) is 6.54 Å². The molecule has 1 rings (SSSR count). The number of amides is 2. The molecule has 0 aromatic rings. The average molecular weight is 318 g/mol. The number of alkyl halides is 3. The van der Waals surface area contributed by atoms with Gasteiger partial charge in [-0.2, -0.15) is 13.2 Å². The fourth-order valence-electron chi connectivity index (χ4n) is 2.22. The highest BCUT2D eigenvalue weighted by Gasteiger charge is 2.32. The molecule has 9 heteroatoms. The van der Waals surface area contributed by atoms with E-state index in [0.29, 0.717) is 13.0 Å². The van der Waals surface area contributed by atoms with E-state index in [4.69, 9.17) is 5.73 Å². The van der Waals surface area contributed by atoms with Crippen LogP contribution in [0.25, 0.3) is 0 Å². The number of carbonyl (C=O) groups is 2. The SMILES string of the molecule is Cl.NC[C@H]1CCC[C@H]1C(=O)NCC(=O)NCC(F)(F)F. The first-order valence-corrected chi connectivity index (χ1v) is 6.14. The van der Waals surface area contributed by atoms with E-state index in [0.717, 1.165) is 12.8 Å². The first kappa shape index (κ1) is 19.0. The van der Waals surface area contributed by atoms with E-state index in [1.165, 1.54) is 0 Å². The molecule has 5 nitrogen and oxygen atoms in total. The zero-order valence-electron chi connectivity index (χ0n) is 10.8. The molecule has 0 bridgehead atoms. The van der Waals surface area contributed by atoms with Crippen molar-refractivity contribution in [2.24, 2.45) is 17.6 Å². The van der Waals surface area contributed by atoms with E-state index in [9.17, 15) is 22.8 Å². The van der Waals surface area contributed by atoms with E-state index >= 15 is 0 Å². The molecule has 0 spiro atoms. The second-order valence-electron chi connectivity index (χ2n) is 4.64. The highest BCUT2D eigenvalue weighted by molar-refractivity contribution is 5.86. The van der Waals surface area contributed by atoms with Gasteiger partial charge in [-0.25, -0.2) is 0 Å². The van der Waals surface area contributed by atoms with Crippen molar-refractivity contribution in [1.82, 2.24) is 10.6 Å². The van der Waals surface area contributed by atoms with Crippen molar-refractivity contribution >= 4 is 24.2 Å². The maximum atomic E-state index is 11.8. The van der Waals surface area contributed by atoms with Crippen LogP contribution in [0.3, 0.4) is 0 Å². The number of nitrogens with one attached hydrogen (secondary N) is 2. The van der Waals surface area contributed by atoms with E-state index in [1.54, 1.807) is 5.32 Å². The van der Waals surface area contributed by atoms with Crippen molar-refractivity contribution < 1.29 is 22.8 Å². The van der Waals surface area contributed by atoms with Crippen molar-refractivity contribution in [2.45, 2.75) is 25.4 Å². The van der Waals surface area contributed by atoms with Gasteiger partial charge in [0.15, 0.2) is 0 Å². The minimum atomic E-state index is -4.45. The number of hydrogen-bond acceptors (Lipinski definition) is 3. The monoisotopic (exact) mass is 317 g/mol. The van der Waals surface area contributed by atoms with Crippen LogP contribution in [0.1, 0.15) is 19.3 Å². The van der Waals surface area contributed by atoms with Crippen LogP contribution in [0.5, 0.6) is 0 Å². The molecule has 0 aromatic carbocycles. The molecule has 1 aliphatic carbocycles. The van der Waals surface area contributed by atoms with E-state index in [2.05, 4.69) is 5.32 Å². The summed E-state index contributed by atoms with van der Waals surface area (Å²) in [5.41, 5.74) is 5.53. The molecule has 0 unspecified atom stereocenters. The van der Waals surface area contributed by atoms with Crippen molar-refractivity contribution in [2.75, 3.05) is 19.6 Å². The van der Waals surface area contributed by atoms with Crippen molar-refractivity contribution in [3.8, 4) is 0 Å². The normalized spacial score (nSPS) is 22.0. The summed E-state index contributed by atoms with van der Waals surface area (Å²) in [5, 5.41) is 4.04. The minimum absolute atomic E-state index is 0. The van der Waals surface area contributed by atoms with Crippen LogP contribution in [0.15, 0.2) is 0 Å². The number of carbonyl (C=O) groups excluding carboxylic acids is 2. The Morgan fingerprint density at radius 1 is 1.20 bits per heavy atom. The molecule has 0 heterocycles. The molecule has 0 radical (unpaired) electrons. The number of rotatable bonds is 5. The Labute approximate surface area is 121 Å². The summed E-state index contributed by atoms with van der Waals surface area (Å²) in [4.78, 5) is 22.9. The van der Waals surface area contributed by atoms with Gasteiger partial charge in [0, 0.05) is 5.92 Å². The van der Waals surface area contributed by atoms with E-state index < -0.39 is 25.2 Å². The smallest absolute Gasteiger partial charge is 0.347 e. The second kappa shape index (κ2) is 8.31. The highest BCUT2D eigenvalue weighted by Crippen LogP contribution is 2.30. The molecule has 0 saturated heterocycles. The Kier molecular flexibility index (Phi) is 7.88. The third-order valence-corrected chi connectivity index (χ3v) is 3.21. The lowest BCUT2D eigenvalue weighted by molar-refractivity contribution is -0.138. The Hall–Kier alpha value is -1.02. The lowest BCUT2D eigenvalue weighted by Crippen LogP contribution is -2.43. The Morgan fingerprint density at radius 3 is 2.40 bits per heavy atom. The fraction of sp³-hybridized carbons (Fsp3) is 0.818. The zero-order chi connectivity index (χ0) is 14.5. The summed E-state index contributed by atoms with van der Waals surface area (Å²) in [6, 6.07) is 0. The van der Waals surface area contributed by atoms with Gasteiger partial charge in [-0.1, -0.05) is 6.42 Å². The maximum absolute atomic E-state index is 11.8. The summed E-state index contributed by atoms with van der Waals surface area (Å²) in [6.45, 7) is -1.43. The standard InChI is InChI=1S/C11H18F3N3O2.ClH/c12-11(13,14)6-17-9(18)5-16-10(19)8-3-1-2-7(8)4-15;/h7-8H,1-6,15H2,(H,16,19)(H,17,18);1H/t7-,8-;/m1./s1. The van der Waals surface area contributed by atoms with Gasteiger partial charge in [0.25, 0.3) is 0 Å². The molecule has 118 valence electrons. The Morgan fingerprint density at radius 2 is 1.85 bits per heavy atom. The first-order valence-electron chi connectivity index (χ1n) is 6.14. The van der Waals surface area contributed by atoms with Crippen LogP contribution in [-0.2, 0) is 9.59 Å². The molecule has 0 aromatic heterocycles. The first-order chi connectivity index (χ1) is 8.83. The largest absolute Gasteiger partial charge is 0.405 e. The van der Waals surface area contributed by atoms with Crippen LogP contribution >= 0.6 is 12.4 Å². The molecule has 1 saturated carbocycles. The van der Waals surface area contributed by atoms with Gasteiger partial charge in [0.05, 0.1) is 6.54 Å². The van der Waals surface area contributed by atoms with Crippen molar-refractivity contribution in [3.05, 3.63) is 0 Å². The average Bonchev–Trinajstić information content (AvgIpc) is 2.80. The van der Waals surface area contributed by atoms with E-state index in [-0.39, 0.29) is 30.2 Å². The topological polar surface area (TPSA) is 84.2 Å². The Bertz CT molecular complexity index is 339. The van der Waals surface area contributed by atoms with Gasteiger partial charge in [-0.15, -0.1) is 12.4 Å². The maximum Gasteiger partial charge on any atom is 0.405 e. The van der Waals surface area contributed by atoms with Crippen LogP contribution < -0.4 is 16.4 Å². The molecular formula is C11H19ClF3N3O2. The second-order valence-corrected chi connectivity index (χ2v) is 4.64. The number of hydrogen-bond donors (Lipinski definition) is 3. The molecule has 4 N–H and O–H groups in total. The number of nitrogens with two attached hydrogens (primary N) is 1. The minimum Gasteiger partial charge on any atom is -0.347 e. The summed E-state index contributed by atoms with van der Waals surface area (Å²) < 4.78 is 35.5. The van der Waals surface area contributed by atoms with Crippen molar-refractivity contribution in [1.29, 1.82) is 0 Å². The highest BCUT2D eigenvalue weighted by atomic mass is 35.5. The van der Waals surface area contributed by atoms with Gasteiger partial charge in [-0.3, -0.25) is 9.59 Å². The van der Waals surface area contributed by atoms with Crippen molar-refractivity contribution in [3.63, 3.8) is 0 Å². The Balaban J connectivity index is 0.00000361. The van der Waals surface area contributed by atoms with Crippen LogP contribution in [-0.4, -0.2) is 37.6 Å². The van der Waals surface area contributed by atoms with Gasteiger partial charge >= 0.3 is 6.18 Å². The van der Waals surface area contributed by atoms with Gasteiger partial charge < -0.3 is 16.4 Å².